The third kappa shape index (κ3) is 3.94. The first-order valence-electron chi connectivity index (χ1n) is 5.82. The van der Waals surface area contributed by atoms with Gasteiger partial charge in [0.25, 0.3) is 5.92 Å². The minimum Gasteiger partial charge on any atom is -0.478 e. The van der Waals surface area contributed by atoms with Gasteiger partial charge in [0.05, 0.1) is 12.0 Å². The van der Waals surface area contributed by atoms with Gasteiger partial charge in [-0.3, -0.25) is 0 Å². The summed E-state index contributed by atoms with van der Waals surface area (Å²) in [7, 11) is 0. The Labute approximate surface area is 124 Å². The summed E-state index contributed by atoms with van der Waals surface area (Å²) in [5.41, 5.74) is -0.363. The van der Waals surface area contributed by atoms with Gasteiger partial charge in [0.1, 0.15) is 5.75 Å². The van der Waals surface area contributed by atoms with Crippen molar-refractivity contribution in [1.82, 2.24) is 0 Å². The number of aliphatic carboxylic acids is 1. The number of carboxylic acids is 1. The summed E-state index contributed by atoms with van der Waals surface area (Å²) in [6, 6.07) is 4.02. The second kappa shape index (κ2) is 6.71. The van der Waals surface area contributed by atoms with Gasteiger partial charge in [0.15, 0.2) is 0 Å². The number of rotatable bonds is 6. The number of alkyl halides is 2. The van der Waals surface area contributed by atoms with Crippen LogP contribution in [0.4, 0.5) is 8.78 Å². The average Bonchev–Trinajstić information content (AvgIpc) is 2.39. The van der Waals surface area contributed by atoms with Gasteiger partial charge >= 0.3 is 5.97 Å². The van der Waals surface area contributed by atoms with Crippen LogP contribution >= 0.6 is 15.9 Å². The first kappa shape index (κ1) is 16.4. The van der Waals surface area contributed by atoms with Crippen LogP contribution in [-0.4, -0.2) is 17.2 Å². The summed E-state index contributed by atoms with van der Waals surface area (Å²) in [6.07, 6.45) is 3.06. The molecule has 0 amide bonds. The molecule has 0 saturated carbocycles. The van der Waals surface area contributed by atoms with Gasteiger partial charge in [-0.2, -0.15) is 0 Å². The Kier molecular flexibility index (Phi) is 5.52. The maximum atomic E-state index is 13.9. The van der Waals surface area contributed by atoms with E-state index >= 15 is 0 Å². The molecule has 0 aromatic heterocycles. The molecular weight excluding hydrogens is 334 g/mol. The van der Waals surface area contributed by atoms with Gasteiger partial charge in [-0.25, -0.2) is 13.6 Å². The number of terminal acetylenes is 1. The normalized spacial score (nSPS) is 12.6. The van der Waals surface area contributed by atoms with E-state index in [9.17, 15) is 13.6 Å². The molecule has 0 heterocycles. The highest BCUT2D eigenvalue weighted by Crippen LogP contribution is 2.39. The number of benzene rings is 1. The highest BCUT2D eigenvalue weighted by atomic mass is 79.9. The van der Waals surface area contributed by atoms with Crippen LogP contribution < -0.4 is 4.74 Å². The third-order valence-corrected chi connectivity index (χ3v) is 3.12. The van der Waals surface area contributed by atoms with Crippen LogP contribution in [-0.2, 0) is 10.7 Å². The van der Waals surface area contributed by atoms with Crippen molar-refractivity contribution in [2.75, 3.05) is 0 Å². The summed E-state index contributed by atoms with van der Waals surface area (Å²) in [5.74, 6) is -2.44. The first-order valence-corrected chi connectivity index (χ1v) is 6.62. The fourth-order valence-electron chi connectivity index (χ4n) is 1.52. The quantitative estimate of drug-likeness (QED) is 0.796. The van der Waals surface area contributed by atoms with Gasteiger partial charge in [0, 0.05) is 10.9 Å². The lowest BCUT2D eigenvalue weighted by atomic mass is 10.0. The number of ether oxygens (including phenoxy) is 1. The SMILES string of the molecule is C#CC[C@H](Oc1ccc(Br)cc1C(F)(F)CC)C(=O)O. The van der Waals surface area contributed by atoms with Crippen LogP contribution in [0.5, 0.6) is 5.75 Å². The van der Waals surface area contributed by atoms with Gasteiger partial charge in [-0.1, -0.05) is 22.9 Å². The Morgan fingerprint density at radius 2 is 2.25 bits per heavy atom. The molecule has 1 rings (SSSR count). The molecule has 108 valence electrons. The predicted molar refractivity (Wildman–Crippen MR) is 73.8 cm³/mol. The average molecular weight is 347 g/mol. The molecule has 1 aromatic carbocycles. The van der Waals surface area contributed by atoms with Crippen LogP contribution in [0.15, 0.2) is 22.7 Å². The number of carbonyl (C=O) groups is 1. The van der Waals surface area contributed by atoms with Crippen LogP contribution in [0.2, 0.25) is 0 Å². The number of hydrogen-bond donors (Lipinski definition) is 1. The van der Waals surface area contributed by atoms with E-state index in [1.54, 1.807) is 0 Å². The van der Waals surface area contributed by atoms with Crippen molar-refractivity contribution in [2.24, 2.45) is 0 Å². The van der Waals surface area contributed by atoms with E-state index in [0.717, 1.165) is 0 Å². The molecule has 0 unspecified atom stereocenters. The maximum absolute atomic E-state index is 13.9. The molecular formula is C14H13BrF2O3. The van der Waals surface area contributed by atoms with E-state index < -0.39 is 24.4 Å². The summed E-state index contributed by atoms with van der Waals surface area (Å²) in [5, 5.41) is 8.95. The monoisotopic (exact) mass is 346 g/mol. The molecule has 0 aliphatic rings. The molecule has 6 heteroatoms. The Balaban J connectivity index is 3.18. The summed E-state index contributed by atoms with van der Waals surface area (Å²) >= 11 is 3.11. The van der Waals surface area contributed by atoms with E-state index in [0.29, 0.717) is 4.47 Å². The lowest BCUT2D eigenvalue weighted by Crippen LogP contribution is -2.27. The van der Waals surface area contributed by atoms with Crippen molar-refractivity contribution in [3.05, 3.63) is 28.2 Å². The predicted octanol–water partition coefficient (Wildman–Crippen LogP) is 3.81. The first-order chi connectivity index (χ1) is 9.31. The molecule has 0 aliphatic carbocycles. The van der Waals surface area contributed by atoms with Gasteiger partial charge < -0.3 is 9.84 Å². The van der Waals surface area contributed by atoms with Crippen molar-refractivity contribution >= 4 is 21.9 Å². The molecule has 1 atom stereocenters. The van der Waals surface area contributed by atoms with E-state index in [-0.39, 0.29) is 17.7 Å². The van der Waals surface area contributed by atoms with Crippen LogP contribution in [0, 0.1) is 12.3 Å². The van der Waals surface area contributed by atoms with Crippen molar-refractivity contribution in [3.63, 3.8) is 0 Å². The van der Waals surface area contributed by atoms with Gasteiger partial charge in [-0.05, 0) is 18.2 Å². The Morgan fingerprint density at radius 1 is 1.60 bits per heavy atom. The van der Waals surface area contributed by atoms with Crippen LogP contribution in [0.3, 0.4) is 0 Å². The lowest BCUT2D eigenvalue weighted by Gasteiger charge is -2.21. The second-order valence-electron chi connectivity index (χ2n) is 4.05. The summed E-state index contributed by atoms with van der Waals surface area (Å²) in [4.78, 5) is 11.0. The zero-order valence-electron chi connectivity index (χ0n) is 10.7. The largest absolute Gasteiger partial charge is 0.478 e. The summed E-state index contributed by atoms with van der Waals surface area (Å²) in [6.45, 7) is 1.33. The molecule has 0 radical (unpaired) electrons. The highest BCUT2D eigenvalue weighted by Gasteiger charge is 2.34. The van der Waals surface area contributed by atoms with Crippen LogP contribution in [0.25, 0.3) is 0 Å². The summed E-state index contributed by atoms with van der Waals surface area (Å²) < 4.78 is 33.4. The van der Waals surface area contributed by atoms with E-state index in [1.807, 2.05) is 0 Å². The zero-order chi connectivity index (χ0) is 15.3. The fraction of sp³-hybridized carbons (Fsp3) is 0.357. The van der Waals surface area contributed by atoms with Crippen LogP contribution in [0.1, 0.15) is 25.3 Å². The van der Waals surface area contributed by atoms with E-state index in [1.165, 1.54) is 25.1 Å². The molecule has 0 spiro atoms. The van der Waals surface area contributed by atoms with Gasteiger partial charge in [-0.15, -0.1) is 12.3 Å². The molecule has 0 bridgehead atoms. The van der Waals surface area contributed by atoms with E-state index in [2.05, 4.69) is 21.9 Å². The Bertz CT molecular complexity index is 538. The lowest BCUT2D eigenvalue weighted by molar-refractivity contribution is -0.145. The topological polar surface area (TPSA) is 46.5 Å². The zero-order valence-corrected chi connectivity index (χ0v) is 12.3. The molecule has 20 heavy (non-hydrogen) atoms. The second-order valence-corrected chi connectivity index (χ2v) is 4.97. The Hall–Kier alpha value is -1.61. The fourth-order valence-corrected chi connectivity index (χ4v) is 1.88. The minimum absolute atomic E-state index is 0.178. The molecule has 3 nitrogen and oxygen atoms in total. The number of carboxylic acid groups (broad SMARTS) is 1. The van der Waals surface area contributed by atoms with Gasteiger partial charge in [0.2, 0.25) is 6.10 Å². The van der Waals surface area contributed by atoms with Crippen molar-refractivity contribution in [3.8, 4) is 18.1 Å². The smallest absolute Gasteiger partial charge is 0.345 e. The number of hydrogen-bond acceptors (Lipinski definition) is 2. The standard InChI is InChI=1S/C14H13BrF2O3/c1-3-5-12(13(18)19)20-11-7-6-9(15)8-10(11)14(16,17)4-2/h1,6-8,12H,4-5H2,2H3,(H,18,19)/t12-/m0/s1. The highest BCUT2D eigenvalue weighted by molar-refractivity contribution is 9.10. The maximum Gasteiger partial charge on any atom is 0.345 e. The third-order valence-electron chi connectivity index (χ3n) is 2.63. The minimum atomic E-state index is -3.11. The molecule has 0 aliphatic heterocycles. The van der Waals surface area contributed by atoms with Crippen molar-refractivity contribution in [1.29, 1.82) is 0 Å². The Morgan fingerprint density at radius 3 is 2.75 bits per heavy atom. The van der Waals surface area contributed by atoms with Crippen molar-refractivity contribution in [2.45, 2.75) is 31.8 Å². The molecule has 1 aromatic rings. The molecule has 0 saturated heterocycles. The van der Waals surface area contributed by atoms with E-state index in [4.69, 9.17) is 16.3 Å². The molecule has 0 fully saturated rings. The molecule has 1 N–H and O–H groups in total. The number of halogens is 3. The van der Waals surface area contributed by atoms with Crippen molar-refractivity contribution < 1.29 is 23.4 Å².